The second kappa shape index (κ2) is 4.99. The van der Waals surface area contributed by atoms with Crippen molar-refractivity contribution in [1.82, 2.24) is 0 Å². The molecule has 0 radical (unpaired) electrons. The molecule has 2 nitrogen and oxygen atoms in total. The molecule has 0 saturated heterocycles. The lowest BCUT2D eigenvalue weighted by Crippen LogP contribution is -1.80. The zero-order chi connectivity index (χ0) is 7.98. The Hall–Kier alpha value is -0.830. The van der Waals surface area contributed by atoms with Gasteiger partial charge in [-0.05, 0) is 24.3 Å². The van der Waals surface area contributed by atoms with Gasteiger partial charge in [0.25, 0.3) is 0 Å². The van der Waals surface area contributed by atoms with Gasteiger partial charge in [0.15, 0.2) is 0 Å². The van der Waals surface area contributed by atoms with E-state index in [1.807, 2.05) is 31.1 Å². The Balaban J connectivity index is 0.000000371. The fraction of sp³-hybridized carbons (Fsp3) is 0. The Morgan fingerprint density at radius 3 is 1.90 bits per heavy atom. The summed E-state index contributed by atoms with van der Waals surface area (Å²) in [6, 6.07) is 7.53. The third kappa shape index (κ3) is 3.25. The molecule has 0 saturated carbocycles. The predicted octanol–water partition coefficient (Wildman–Crippen LogP) is 1.85. The molecule has 1 aromatic rings. The molecule has 1 rings (SSSR count). The molecule has 0 aliphatic carbocycles. The third-order valence-electron chi connectivity index (χ3n) is 0.870. The van der Waals surface area contributed by atoms with E-state index in [-0.39, 0.29) is 0 Å². The number of nitrogen functional groups attached to an aromatic ring is 1. The van der Waals surface area contributed by atoms with E-state index < -0.39 is 0 Å². The lowest BCUT2D eigenvalue weighted by molar-refractivity contribution is -0.0979. The largest absolute Gasteiger partial charge is 0.399 e. The van der Waals surface area contributed by atoms with Crippen LogP contribution < -0.4 is 5.73 Å². The van der Waals surface area contributed by atoms with Crippen molar-refractivity contribution in [3.8, 4) is 0 Å². The average molecular weight is 202 g/mol. The van der Waals surface area contributed by atoms with Gasteiger partial charge in [-0.3, -0.25) is 0 Å². The van der Waals surface area contributed by atoms with Gasteiger partial charge in [0.1, 0.15) is 6.79 Å². The number of carbonyl (C=O) groups excluding carboxylic acids is 1. The van der Waals surface area contributed by atoms with Crippen LogP contribution in [-0.2, 0) is 4.79 Å². The molecule has 0 aromatic heterocycles. The Kier molecular flexibility index (Phi) is 4.58. The zero-order valence-electron chi connectivity index (χ0n) is 5.38. The van der Waals surface area contributed by atoms with Crippen LogP contribution in [0.15, 0.2) is 28.7 Å². The van der Waals surface area contributed by atoms with Gasteiger partial charge in [-0.25, -0.2) is 0 Å². The SMILES string of the molecule is C=O.Nc1ccc(Br)cc1. The number of carbonyl (C=O) groups is 1. The van der Waals surface area contributed by atoms with Crippen molar-refractivity contribution in [2.24, 2.45) is 0 Å². The van der Waals surface area contributed by atoms with E-state index in [4.69, 9.17) is 10.5 Å². The van der Waals surface area contributed by atoms with Crippen LogP contribution >= 0.6 is 15.9 Å². The number of hydrogen-bond acceptors (Lipinski definition) is 2. The summed E-state index contributed by atoms with van der Waals surface area (Å²) in [6.45, 7) is 2.00. The third-order valence-corrected chi connectivity index (χ3v) is 1.40. The first kappa shape index (κ1) is 9.17. The van der Waals surface area contributed by atoms with Crippen molar-refractivity contribution in [2.75, 3.05) is 5.73 Å². The Morgan fingerprint density at radius 2 is 1.60 bits per heavy atom. The van der Waals surface area contributed by atoms with Gasteiger partial charge in [-0.1, -0.05) is 15.9 Å². The minimum Gasteiger partial charge on any atom is -0.399 e. The van der Waals surface area contributed by atoms with Crippen molar-refractivity contribution < 1.29 is 4.79 Å². The molecule has 54 valence electrons. The molecule has 1 aromatic carbocycles. The van der Waals surface area contributed by atoms with Crippen LogP contribution in [0, 0.1) is 0 Å². The van der Waals surface area contributed by atoms with E-state index in [2.05, 4.69) is 15.9 Å². The van der Waals surface area contributed by atoms with Gasteiger partial charge in [0, 0.05) is 10.2 Å². The first-order chi connectivity index (χ1) is 4.79. The number of rotatable bonds is 0. The Morgan fingerprint density at radius 1 is 1.20 bits per heavy atom. The monoisotopic (exact) mass is 201 g/mol. The quantitative estimate of drug-likeness (QED) is 0.652. The minimum absolute atomic E-state index is 0.799. The standard InChI is InChI=1S/C6H6BrN.CH2O/c7-5-1-3-6(8)4-2-5;1-2/h1-4H,8H2;1H2. The summed E-state index contributed by atoms with van der Waals surface area (Å²) in [5, 5.41) is 0. The van der Waals surface area contributed by atoms with Crippen molar-refractivity contribution >= 4 is 28.4 Å². The molecule has 0 fully saturated rings. The highest BCUT2D eigenvalue weighted by Crippen LogP contribution is 2.10. The van der Waals surface area contributed by atoms with E-state index in [1.54, 1.807) is 0 Å². The zero-order valence-corrected chi connectivity index (χ0v) is 6.97. The summed E-state index contributed by atoms with van der Waals surface area (Å²) in [4.78, 5) is 8.00. The maximum Gasteiger partial charge on any atom is 0.106 e. The number of anilines is 1. The number of halogens is 1. The maximum absolute atomic E-state index is 8.00. The Bertz CT molecular complexity index is 164. The lowest BCUT2D eigenvalue weighted by atomic mass is 10.3. The van der Waals surface area contributed by atoms with Gasteiger partial charge in [-0.2, -0.15) is 0 Å². The smallest absolute Gasteiger partial charge is 0.106 e. The van der Waals surface area contributed by atoms with E-state index >= 15 is 0 Å². The molecule has 0 amide bonds. The van der Waals surface area contributed by atoms with Crippen molar-refractivity contribution in [2.45, 2.75) is 0 Å². The summed E-state index contributed by atoms with van der Waals surface area (Å²) in [5.74, 6) is 0. The van der Waals surface area contributed by atoms with E-state index in [0.29, 0.717) is 0 Å². The number of benzene rings is 1. The number of nitrogens with two attached hydrogens (primary N) is 1. The van der Waals surface area contributed by atoms with Gasteiger partial charge >= 0.3 is 0 Å². The molecule has 0 heterocycles. The Labute approximate surface area is 68.2 Å². The van der Waals surface area contributed by atoms with Crippen LogP contribution in [-0.4, -0.2) is 6.79 Å². The predicted molar refractivity (Wildman–Crippen MR) is 45.7 cm³/mol. The highest BCUT2D eigenvalue weighted by Gasteiger charge is 1.81. The first-order valence-corrected chi connectivity index (χ1v) is 3.38. The molecule has 0 aliphatic heterocycles. The topological polar surface area (TPSA) is 43.1 Å². The molecular formula is C7H8BrNO. The van der Waals surface area contributed by atoms with Gasteiger partial charge in [-0.15, -0.1) is 0 Å². The van der Waals surface area contributed by atoms with Crippen LogP contribution in [0.1, 0.15) is 0 Å². The van der Waals surface area contributed by atoms with Crippen molar-refractivity contribution in [1.29, 1.82) is 0 Å². The fourth-order valence-electron chi connectivity index (χ4n) is 0.463. The number of hydrogen-bond donors (Lipinski definition) is 1. The van der Waals surface area contributed by atoms with Gasteiger partial charge in [0.2, 0.25) is 0 Å². The molecule has 0 unspecified atom stereocenters. The minimum atomic E-state index is 0.799. The summed E-state index contributed by atoms with van der Waals surface area (Å²) < 4.78 is 1.06. The fourth-order valence-corrected chi connectivity index (χ4v) is 0.727. The summed E-state index contributed by atoms with van der Waals surface area (Å²) in [5.41, 5.74) is 6.21. The molecule has 0 aliphatic rings. The van der Waals surface area contributed by atoms with Crippen LogP contribution in [0.3, 0.4) is 0 Å². The van der Waals surface area contributed by atoms with Crippen molar-refractivity contribution in [3.05, 3.63) is 28.7 Å². The first-order valence-electron chi connectivity index (χ1n) is 2.59. The lowest BCUT2D eigenvalue weighted by Gasteiger charge is -1.88. The molecule has 2 N–H and O–H groups in total. The van der Waals surface area contributed by atoms with Gasteiger partial charge < -0.3 is 10.5 Å². The molecule has 0 spiro atoms. The van der Waals surface area contributed by atoms with Gasteiger partial charge in [0.05, 0.1) is 0 Å². The second-order valence-corrected chi connectivity index (χ2v) is 2.47. The maximum atomic E-state index is 8.00. The van der Waals surface area contributed by atoms with Crippen LogP contribution in [0.4, 0.5) is 5.69 Å². The van der Waals surface area contributed by atoms with E-state index in [0.717, 1.165) is 10.2 Å². The second-order valence-electron chi connectivity index (χ2n) is 1.55. The molecule has 0 bridgehead atoms. The summed E-state index contributed by atoms with van der Waals surface area (Å²) in [7, 11) is 0. The van der Waals surface area contributed by atoms with Crippen LogP contribution in [0.2, 0.25) is 0 Å². The molecule has 0 atom stereocenters. The van der Waals surface area contributed by atoms with E-state index in [1.165, 1.54) is 0 Å². The van der Waals surface area contributed by atoms with E-state index in [9.17, 15) is 0 Å². The summed E-state index contributed by atoms with van der Waals surface area (Å²) in [6.07, 6.45) is 0. The highest BCUT2D eigenvalue weighted by atomic mass is 79.9. The highest BCUT2D eigenvalue weighted by molar-refractivity contribution is 9.10. The molecule has 3 heteroatoms. The molecule has 10 heavy (non-hydrogen) atoms. The normalized spacial score (nSPS) is 7.70. The van der Waals surface area contributed by atoms with Crippen LogP contribution in [0.25, 0.3) is 0 Å². The molecular weight excluding hydrogens is 194 g/mol. The van der Waals surface area contributed by atoms with Crippen LogP contribution in [0.5, 0.6) is 0 Å². The van der Waals surface area contributed by atoms with Crippen molar-refractivity contribution in [3.63, 3.8) is 0 Å². The summed E-state index contributed by atoms with van der Waals surface area (Å²) >= 11 is 3.29. The average Bonchev–Trinajstić information content (AvgIpc) is 2.00.